The van der Waals surface area contributed by atoms with Gasteiger partial charge in [0.1, 0.15) is 13.2 Å². The zero-order chi connectivity index (χ0) is 31.1. The highest BCUT2D eigenvalue weighted by atomic mass is 35.5. The van der Waals surface area contributed by atoms with Gasteiger partial charge in [-0.1, -0.05) is 141 Å². The van der Waals surface area contributed by atoms with Crippen molar-refractivity contribution in [1.29, 1.82) is 0 Å². The van der Waals surface area contributed by atoms with Crippen LogP contribution in [0.5, 0.6) is 0 Å². The Hall–Kier alpha value is -1.61. The van der Waals surface area contributed by atoms with Crippen LogP contribution in [0, 0.1) is 0 Å². The number of unbranched alkanes of at least 4 members (excludes halogenated alkanes) is 20. The molecule has 0 bridgehead atoms. The van der Waals surface area contributed by atoms with Gasteiger partial charge in [-0.3, -0.25) is 0 Å². The normalized spacial score (nSPS) is 11.5. The fourth-order valence-corrected chi connectivity index (χ4v) is 5.62. The van der Waals surface area contributed by atoms with Gasteiger partial charge in [0, 0.05) is 12.1 Å². The first-order valence-corrected chi connectivity index (χ1v) is 18.6. The molecule has 3 nitrogen and oxygen atoms in total. The molecule has 1 rings (SSSR count). The Morgan fingerprint density at radius 1 is 0.591 bits per heavy atom. The summed E-state index contributed by atoms with van der Waals surface area (Å²) >= 11 is 0. The monoisotopic (exact) mass is 632 g/mol. The van der Waals surface area contributed by atoms with Gasteiger partial charge in [0.15, 0.2) is 12.4 Å². The summed E-state index contributed by atoms with van der Waals surface area (Å²) in [5, 5.41) is 0. The van der Waals surface area contributed by atoms with E-state index in [0.717, 1.165) is 25.7 Å². The van der Waals surface area contributed by atoms with E-state index in [2.05, 4.69) is 38.2 Å². The molecule has 0 radical (unpaired) electrons. The highest BCUT2D eigenvalue weighted by Crippen LogP contribution is 2.19. The molecule has 0 saturated carbocycles. The van der Waals surface area contributed by atoms with Gasteiger partial charge in [0.05, 0.1) is 5.56 Å². The number of hydrogen-bond donors (Lipinski definition) is 0. The van der Waals surface area contributed by atoms with Gasteiger partial charge in [-0.05, 0) is 64.2 Å². The number of ether oxygens (including phenoxy) is 1. The average molecular weight is 632 g/mol. The first-order chi connectivity index (χ1) is 21.2. The van der Waals surface area contributed by atoms with Crippen molar-refractivity contribution < 1.29 is 26.5 Å². The fraction of sp³-hybridized carbons (Fsp3) is 0.750. The number of aryl methyl sites for hydroxylation is 1. The molecular formula is C40H70ClNO2. The third-order valence-electron chi connectivity index (χ3n) is 8.56. The van der Waals surface area contributed by atoms with Crippen molar-refractivity contribution >= 4 is 5.97 Å². The number of hydrogen-bond acceptors (Lipinski definition) is 2. The maximum atomic E-state index is 12.8. The summed E-state index contributed by atoms with van der Waals surface area (Å²) in [6.45, 7) is 4.51. The molecule has 0 amide bonds. The molecule has 4 heteroatoms. The summed E-state index contributed by atoms with van der Waals surface area (Å²) in [4.78, 5) is 12.8. The molecule has 1 aromatic heterocycles. The van der Waals surface area contributed by atoms with Crippen LogP contribution in [-0.2, 0) is 11.8 Å². The third kappa shape index (κ3) is 26.8. The van der Waals surface area contributed by atoms with E-state index in [1.807, 2.05) is 36.1 Å². The number of halogens is 1. The van der Waals surface area contributed by atoms with Crippen molar-refractivity contribution in [2.45, 2.75) is 187 Å². The molecule has 44 heavy (non-hydrogen) atoms. The molecular weight excluding hydrogens is 562 g/mol. The molecule has 0 aliphatic heterocycles. The van der Waals surface area contributed by atoms with E-state index < -0.39 is 0 Å². The van der Waals surface area contributed by atoms with Gasteiger partial charge in [-0.2, -0.15) is 0 Å². The van der Waals surface area contributed by atoms with Crippen molar-refractivity contribution in [3.05, 3.63) is 54.4 Å². The second kappa shape index (κ2) is 32.8. The number of carbonyl (C=O) groups is 1. The zero-order valence-corrected chi connectivity index (χ0v) is 30.0. The van der Waals surface area contributed by atoms with Crippen molar-refractivity contribution in [3.63, 3.8) is 0 Å². The Labute approximate surface area is 280 Å². The minimum absolute atomic E-state index is 0. The Bertz CT molecular complexity index is 766. The van der Waals surface area contributed by atoms with E-state index >= 15 is 0 Å². The minimum atomic E-state index is -0.161. The first-order valence-electron chi connectivity index (χ1n) is 18.6. The molecule has 0 aliphatic rings. The van der Waals surface area contributed by atoms with Gasteiger partial charge in [0.2, 0.25) is 0 Å². The van der Waals surface area contributed by atoms with E-state index in [1.54, 1.807) is 0 Å². The zero-order valence-electron chi connectivity index (χ0n) is 29.2. The van der Waals surface area contributed by atoms with Crippen LogP contribution in [0.2, 0.25) is 0 Å². The second-order valence-electron chi connectivity index (χ2n) is 12.8. The lowest BCUT2D eigenvalue weighted by Crippen LogP contribution is -3.00. The number of esters is 1. The van der Waals surface area contributed by atoms with Crippen LogP contribution in [-0.4, -0.2) is 12.1 Å². The Kier molecular flexibility index (Phi) is 31.6. The van der Waals surface area contributed by atoms with E-state index in [-0.39, 0.29) is 24.5 Å². The number of rotatable bonds is 30. The number of aromatic nitrogens is 1. The van der Waals surface area contributed by atoms with Crippen molar-refractivity contribution in [3.8, 4) is 0 Å². The van der Waals surface area contributed by atoms with Crippen LogP contribution in [0.4, 0.5) is 0 Å². The average Bonchev–Trinajstić information content (AvgIpc) is 3.01. The lowest BCUT2D eigenvalue weighted by atomic mass is 10.0. The van der Waals surface area contributed by atoms with Gasteiger partial charge in [-0.15, -0.1) is 0 Å². The molecule has 0 aliphatic carbocycles. The topological polar surface area (TPSA) is 30.2 Å². The predicted molar refractivity (Wildman–Crippen MR) is 186 cm³/mol. The summed E-state index contributed by atoms with van der Waals surface area (Å²) < 4.78 is 7.99. The second-order valence-corrected chi connectivity index (χ2v) is 12.8. The van der Waals surface area contributed by atoms with E-state index in [1.165, 1.54) is 141 Å². The Balaban J connectivity index is 0.0000185. The van der Waals surface area contributed by atoms with Crippen molar-refractivity contribution in [2.24, 2.45) is 7.05 Å². The molecule has 0 N–H and O–H groups in total. The van der Waals surface area contributed by atoms with Gasteiger partial charge < -0.3 is 17.1 Å². The molecule has 1 aromatic rings. The molecule has 0 saturated heterocycles. The number of carbonyl (C=O) groups excluding carboxylic acids is 1. The maximum absolute atomic E-state index is 12.8. The van der Waals surface area contributed by atoms with Gasteiger partial charge >= 0.3 is 5.97 Å². The van der Waals surface area contributed by atoms with Crippen LogP contribution in [0.3, 0.4) is 0 Å². The quantitative estimate of drug-likeness (QED) is 0.0366. The van der Waals surface area contributed by atoms with E-state index in [9.17, 15) is 4.79 Å². The Morgan fingerprint density at radius 2 is 0.932 bits per heavy atom. The fourth-order valence-electron chi connectivity index (χ4n) is 5.62. The summed E-state index contributed by atoms with van der Waals surface area (Å²) in [6, 6.07) is 3.73. The predicted octanol–water partition coefficient (Wildman–Crippen LogP) is 9.34. The summed E-state index contributed by atoms with van der Waals surface area (Å²) in [5.74, 6) is -0.161. The molecule has 0 aromatic carbocycles. The largest absolute Gasteiger partial charge is 1.00 e. The molecule has 0 fully saturated rings. The minimum Gasteiger partial charge on any atom is -1.00 e. The van der Waals surface area contributed by atoms with Gasteiger partial charge in [0.25, 0.3) is 0 Å². The standard InChI is InChI=1S/C40H70NO2.ClH/c1-4-6-8-10-12-14-16-18-20-22-24-26-28-30-32-39(43-40(42)38-34-36-41(3)37-35-38)33-31-29-27-25-23-21-19-17-15-13-11-9-7-5-2;/h10-13,34-37,39H,4-9,14-33H2,1-3H3;1H/q+1;/p-1/b12-10-,13-11-;. The summed E-state index contributed by atoms with van der Waals surface area (Å²) in [6.07, 6.45) is 46.6. The highest BCUT2D eigenvalue weighted by molar-refractivity contribution is 5.89. The smallest absolute Gasteiger partial charge is 0.338 e. The molecule has 1 heterocycles. The lowest BCUT2D eigenvalue weighted by Gasteiger charge is -2.18. The van der Waals surface area contributed by atoms with Crippen molar-refractivity contribution in [2.75, 3.05) is 0 Å². The van der Waals surface area contributed by atoms with Crippen LogP contribution in [0.15, 0.2) is 48.8 Å². The Morgan fingerprint density at radius 3 is 1.32 bits per heavy atom. The first kappa shape index (κ1) is 42.4. The summed E-state index contributed by atoms with van der Waals surface area (Å²) in [5.41, 5.74) is 0.663. The number of allylic oxidation sites excluding steroid dienone is 4. The molecule has 0 spiro atoms. The maximum Gasteiger partial charge on any atom is 0.338 e. The molecule has 254 valence electrons. The number of nitrogens with zero attached hydrogens (tertiary/aromatic N) is 1. The molecule has 0 atom stereocenters. The van der Waals surface area contributed by atoms with Crippen LogP contribution < -0.4 is 17.0 Å². The molecule has 0 unspecified atom stereocenters. The highest BCUT2D eigenvalue weighted by Gasteiger charge is 2.16. The van der Waals surface area contributed by atoms with E-state index in [4.69, 9.17) is 4.74 Å². The van der Waals surface area contributed by atoms with Crippen LogP contribution in [0.1, 0.15) is 191 Å². The third-order valence-corrected chi connectivity index (χ3v) is 8.56. The van der Waals surface area contributed by atoms with Crippen LogP contribution >= 0.6 is 0 Å². The van der Waals surface area contributed by atoms with Gasteiger partial charge in [-0.25, -0.2) is 9.36 Å². The van der Waals surface area contributed by atoms with E-state index in [0.29, 0.717) is 5.56 Å². The SMILES string of the molecule is CCCC/C=C\CCCCCCCCCCC(CCCCCCCCCC/C=C\CCCC)OC(=O)c1cc[n+](C)cc1.[Cl-]. The number of pyridine rings is 1. The van der Waals surface area contributed by atoms with Crippen molar-refractivity contribution in [1.82, 2.24) is 0 Å². The van der Waals surface area contributed by atoms with Crippen LogP contribution in [0.25, 0.3) is 0 Å². The lowest BCUT2D eigenvalue weighted by molar-refractivity contribution is -0.671. The summed E-state index contributed by atoms with van der Waals surface area (Å²) in [7, 11) is 1.97.